The van der Waals surface area contributed by atoms with Crippen LogP contribution in [0.5, 0.6) is 0 Å². The Hall–Kier alpha value is -1.52. The number of methoxy groups -OCH3 is 2. The van der Waals surface area contributed by atoms with Crippen molar-refractivity contribution < 1.29 is 62.8 Å². The molecule has 0 radical (unpaired) electrons. The highest BCUT2D eigenvalue weighted by Gasteiger charge is 2.90. The molecule has 4 saturated carbocycles. The first-order valence-electron chi connectivity index (χ1n) is 19.8. The van der Waals surface area contributed by atoms with Crippen LogP contribution in [0.4, 0.5) is 0 Å². The van der Waals surface area contributed by atoms with Gasteiger partial charge in [0.25, 0.3) is 0 Å². The Morgan fingerprint density at radius 3 is 2.23 bits per heavy atom. The number of hydrogen-bond donors (Lipinski definition) is 3. The van der Waals surface area contributed by atoms with E-state index >= 15 is 0 Å². The van der Waals surface area contributed by atoms with Gasteiger partial charge in [-0.2, -0.15) is 0 Å². The van der Waals surface area contributed by atoms with Crippen LogP contribution in [0.15, 0.2) is 11.6 Å². The molecule has 13 nitrogen and oxygen atoms in total. The van der Waals surface area contributed by atoms with E-state index in [0.717, 1.165) is 32.1 Å². The molecule has 0 bridgehead atoms. The third kappa shape index (κ3) is 5.84. The highest BCUT2D eigenvalue weighted by Crippen LogP contribution is 2.81. The Labute approximate surface area is 313 Å². The molecule has 19 atom stereocenters. The van der Waals surface area contributed by atoms with E-state index in [4.69, 9.17) is 37.9 Å². The van der Waals surface area contributed by atoms with Gasteiger partial charge in [-0.05, 0) is 90.9 Å². The minimum atomic E-state index is -1.20. The minimum absolute atomic E-state index is 0.0433. The summed E-state index contributed by atoms with van der Waals surface area (Å²) in [7, 11) is 3.05. The lowest BCUT2D eigenvalue weighted by atomic mass is 9.43. The monoisotopic (exact) mass is 750 g/mol. The van der Waals surface area contributed by atoms with Crippen molar-refractivity contribution in [1.82, 2.24) is 0 Å². The highest BCUT2D eigenvalue weighted by molar-refractivity contribution is 5.88. The van der Waals surface area contributed by atoms with E-state index in [1.54, 1.807) is 40.9 Å². The second-order valence-electron chi connectivity index (χ2n) is 17.6. The Morgan fingerprint density at radius 2 is 1.57 bits per heavy atom. The number of rotatable bonds is 9. The van der Waals surface area contributed by atoms with E-state index in [1.807, 2.05) is 13.8 Å². The zero-order valence-electron chi connectivity index (χ0n) is 32.8. The highest BCUT2D eigenvalue weighted by atomic mass is 16.7. The molecule has 7 aliphatic rings. The number of ketones is 1. The second kappa shape index (κ2) is 14.1. The van der Waals surface area contributed by atoms with Crippen LogP contribution in [0.2, 0.25) is 0 Å². The molecule has 2 spiro atoms. The van der Waals surface area contributed by atoms with Crippen LogP contribution in [-0.2, 0) is 47.5 Å². The van der Waals surface area contributed by atoms with Gasteiger partial charge in [-0.25, -0.2) is 4.79 Å². The van der Waals surface area contributed by atoms with Gasteiger partial charge >= 0.3 is 5.97 Å². The Bertz CT molecular complexity index is 1440. The maximum atomic E-state index is 13.4. The van der Waals surface area contributed by atoms with E-state index in [9.17, 15) is 24.9 Å². The fourth-order valence-corrected chi connectivity index (χ4v) is 12.3. The van der Waals surface area contributed by atoms with Crippen molar-refractivity contribution in [3.8, 4) is 0 Å². The normalized spacial score (nSPS) is 53.5. The minimum Gasteiger partial charge on any atom is -0.456 e. The van der Waals surface area contributed by atoms with E-state index in [2.05, 4.69) is 6.92 Å². The molecule has 3 aliphatic heterocycles. The molecule has 3 N–H and O–H groups in total. The zero-order chi connectivity index (χ0) is 38.4. The van der Waals surface area contributed by atoms with Crippen LogP contribution >= 0.6 is 0 Å². The Kier molecular flexibility index (Phi) is 10.6. The summed E-state index contributed by atoms with van der Waals surface area (Å²) in [5.74, 6) is -0.791. The Morgan fingerprint density at radius 1 is 0.830 bits per heavy atom. The predicted octanol–water partition coefficient (Wildman–Crippen LogP) is 3.37. The van der Waals surface area contributed by atoms with Gasteiger partial charge in [-0.15, -0.1) is 0 Å². The van der Waals surface area contributed by atoms with Crippen molar-refractivity contribution in [2.75, 3.05) is 14.2 Å². The van der Waals surface area contributed by atoms with Crippen molar-refractivity contribution in [3.63, 3.8) is 0 Å². The summed E-state index contributed by atoms with van der Waals surface area (Å²) in [6, 6.07) is 0. The molecule has 0 amide bonds. The summed E-state index contributed by atoms with van der Waals surface area (Å²) in [4.78, 5) is 26.4. The van der Waals surface area contributed by atoms with Crippen LogP contribution in [0.1, 0.15) is 99.8 Å². The van der Waals surface area contributed by atoms with Crippen molar-refractivity contribution in [1.29, 1.82) is 0 Å². The molecule has 0 aromatic rings. The van der Waals surface area contributed by atoms with Gasteiger partial charge in [0.1, 0.15) is 53.6 Å². The molecule has 3 saturated heterocycles. The van der Waals surface area contributed by atoms with Gasteiger partial charge in [-0.1, -0.05) is 19.9 Å². The molecule has 7 fully saturated rings. The number of carbonyl (C=O) groups is 2. The largest absolute Gasteiger partial charge is 0.456 e. The van der Waals surface area contributed by atoms with Crippen molar-refractivity contribution >= 4 is 11.8 Å². The van der Waals surface area contributed by atoms with Gasteiger partial charge in [0.05, 0.1) is 24.4 Å². The fourth-order valence-electron chi connectivity index (χ4n) is 12.3. The van der Waals surface area contributed by atoms with Gasteiger partial charge < -0.3 is 53.2 Å². The molecule has 4 aliphatic carbocycles. The lowest BCUT2D eigenvalue weighted by molar-refractivity contribution is -0.343. The maximum Gasteiger partial charge on any atom is 0.333 e. The number of Topliss-reactive ketones (excluding diaryl/α,β-unsaturated/α-hetero) is 1. The molecular formula is C40H62O13. The summed E-state index contributed by atoms with van der Waals surface area (Å²) in [6.45, 7) is 13.0. The smallest absolute Gasteiger partial charge is 0.333 e. The van der Waals surface area contributed by atoms with E-state index < -0.39 is 90.1 Å². The SMILES string of the molecule is C/C=C(\C)C(=O)O[C@@H]1[C@@H](O)[C@]2(C)[C@H](C(C)=O)CC[C@@]23O[C@]32CC[C@H]3C[C@@H](O[C@H]4C[C@@H](OC)[C@H](O[C@@H]5O[C@H](C)[C@@H](O)[C@@H](OC)[C@H]5O)[C@@H](C)O4)CC[C@]3(C)[C@@H]12. The van der Waals surface area contributed by atoms with E-state index in [-0.39, 0.29) is 35.1 Å². The van der Waals surface area contributed by atoms with Crippen molar-refractivity contribution in [2.24, 2.45) is 28.6 Å². The first-order chi connectivity index (χ1) is 25.0. The molecule has 3 heterocycles. The summed E-state index contributed by atoms with van der Waals surface area (Å²) < 4.78 is 49.7. The number of carbonyl (C=O) groups excluding carboxylic acids is 2. The summed E-state index contributed by atoms with van der Waals surface area (Å²) in [5, 5.41) is 33.6. The Balaban J connectivity index is 1.06. The summed E-state index contributed by atoms with van der Waals surface area (Å²) >= 11 is 0. The second-order valence-corrected chi connectivity index (χ2v) is 17.6. The molecule has 0 aromatic heterocycles. The first-order valence-corrected chi connectivity index (χ1v) is 19.8. The van der Waals surface area contributed by atoms with Crippen molar-refractivity contribution in [3.05, 3.63) is 11.6 Å². The number of esters is 1. The van der Waals surface area contributed by atoms with E-state index in [0.29, 0.717) is 24.8 Å². The molecule has 300 valence electrons. The number of aliphatic hydroxyl groups excluding tert-OH is 3. The van der Waals surface area contributed by atoms with Crippen LogP contribution < -0.4 is 0 Å². The number of fused-ring (bicyclic) bond motifs is 2. The predicted molar refractivity (Wildman–Crippen MR) is 188 cm³/mol. The zero-order valence-corrected chi connectivity index (χ0v) is 32.8. The quantitative estimate of drug-likeness (QED) is 0.136. The van der Waals surface area contributed by atoms with Gasteiger partial charge in [0.15, 0.2) is 12.6 Å². The first kappa shape index (κ1) is 39.7. The number of allylic oxidation sites excluding steroid dienone is 1. The van der Waals surface area contributed by atoms with Crippen LogP contribution in [-0.4, -0.2) is 126 Å². The summed E-state index contributed by atoms with van der Waals surface area (Å²) in [6.07, 6.45) is -1.16. The van der Waals surface area contributed by atoms with Gasteiger partial charge in [-0.3, -0.25) is 4.79 Å². The average Bonchev–Trinajstić information content (AvgIpc) is 3.67. The lowest BCUT2D eigenvalue weighted by Gasteiger charge is -2.61. The van der Waals surface area contributed by atoms with Crippen LogP contribution in [0.25, 0.3) is 0 Å². The third-order valence-corrected chi connectivity index (χ3v) is 15.3. The molecule has 7 rings (SSSR count). The van der Waals surface area contributed by atoms with Crippen LogP contribution in [0, 0.1) is 28.6 Å². The number of ether oxygens (including phenoxy) is 8. The number of aliphatic hydroxyl groups is 3. The fraction of sp³-hybridized carbons (Fsp3) is 0.900. The number of epoxide rings is 1. The van der Waals surface area contributed by atoms with Crippen molar-refractivity contribution in [2.45, 2.75) is 185 Å². The molecule has 13 heteroatoms. The molecular weight excluding hydrogens is 688 g/mol. The molecule has 0 unspecified atom stereocenters. The molecule has 0 aromatic carbocycles. The maximum absolute atomic E-state index is 13.4. The average molecular weight is 751 g/mol. The standard InChI is InChI=1S/C40H62O13/c1-10-19(2)35(45)51-32-33-37(6)14-12-24(17-23(37)11-15-39(33)40(53-39)16-13-25(20(3)41)38(40,7)34(32)44)50-27-18-26(46-8)30(22(5)48-27)52-36-29(43)31(47-9)28(42)21(4)49-36/h10,21-34,36,42-44H,11-18H2,1-9H3/b19-10+/t21-,22-,23+,24+,25+,26-,27+,28-,29-,30-,31-,32+,33-,34-,36+,37+,38+,39+,40-/m1/s1. The molecule has 53 heavy (non-hydrogen) atoms. The van der Waals surface area contributed by atoms with E-state index in [1.165, 1.54) is 7.11 Å². The lowest BCUT2D eigenvalue weighted by Crippen LogP contribution is -2.70. The van der Waals surface area contributed by atoms with Gasteiger partial charge in [0.2, 0.25) is 0 Å². The van der Waals surface area contributed by atoms with Crippen LogP contribution in [0.3, 0.4) is 0 Å². The third-order valence-electron chi connectivity index (χ3n) is 15.3. The topological polar surface area (TPSA) is 172 Å². The summed E-state index contributed by atoms with van der Waals surface area (Å²) in [5.41, 5.74) is -1.88. The number of hydrogen-bond acceptors (Lipinski definition) is 13. The van der Waals surface area contributed by atoms with Gasteiger partial charge in [0, 0.05) is 43.5 Å².